The maximum atomic E-state index is 13.7. The lowest BCUT2D eigenvalue weighted by atomic mass is 10.1. The number of nitrogens with one attached hydrogen (secondary N) is 1. The van der Waals surface area contributed by atoms with E-state index in [9.17, 15) is 4.39 Å². The molecule has 0 bridgehead atoms. The van der Waals surface area contributed by atoms with Crippen LogP contribution < -0.4 is 5.73 Å². The first-order chi connectivity index (χ1) is 8.66. The lowest BCUT2D eigenvalue weighted by Crippen LogP contribution is -2.11. The Morgan fingerprint density at radius 1 is 1.28 bits per heavy atom. The first kappa shape index (κ1) is 12.6. The topological polar surface area (TPSA) is 62.8 Å². The minimum absolute atomic E-state index is 0.123. The zero-order valence-corrected chi connectivity index (χ0v) is 10.4. The van der Waals surface area contributed by atoms with Gasteiger partial charge in [0.1, 0.15) is 11.7 Å². The van der Waals surface area contributed by atoms with Gasteiger partial charge in [-0.15, -0.1) is 11.8 Å². The number of halogens is 1. The van der Waals surface area contributed by atoms with Crippen LogP contribution in [0.3, 0.4) is 0 Å². The zero-order valence-electron chi connectivity index (χ0n) is 9.56. The molecule has 0 aliphatic carbocycles. The number of benzene rings is 1. The molecule has 0 aliphatic rings. The van der Waals surface area contributed by atoms with Crippen LogP contribution in [0.25, 0.3) is 0 Å². The predicted molar refractivity (Wildman–Crippen MR) is 71.2 cm³/mol. The van der Waals surface area contributed by atoms with Crippen molar-refractivity contribution < 1.29 is 4.39 Å². The Balaban J connectivity index is 2.08. The highest BCUT2D eigenvalue weighted by molar-refractivity contribution is 7.98. The van der Waals surface area contributed by atoms with E-state index in [1.54, 1.807) is 24.5 Å². The molecule has 0 spiro atoms. The summed E-state index contributed by atoms with van der Waals surface area (Å²) in [4.78, 5) is 4.97. The van der Waals surface area contributed by atoms with E-state index in [1.807, 2.05) is 12.1 Å². The van der Waals surface area contributed by atoms with E-state index in [2.05, 4.69) is 4.98 Å². The van der Waals surface area contributed by atoms with E-state index < -0.39 is 0 Å². The number of rotatable bonds is 4. The number of nitrogens with zero attached hydrogens (tertiary/aromatic N) is 1. The Morgan fingerprint density at radius 3 is 2.61 bits per heavy atom. The Labute approximate surface area is 109 Å². The molecule has 3 N–H and O–H groups in total. The smallest absolute Gasteiger partial charge is 0.127 e. The van der Waals surface area contributed by atoms with Crippen molar-refractivity contribution in [3.8, 4) is 0 Å². The lowest BCUT2D eigenvalue weighted by molar-refractivity contribution is 0.617. The molecule has 3 nitrogen and oxygen atoms in total. The summed E-state index contributed by atoms with van der Waals surface area (Å²) in [7, 11) is 0. The average Bonchev–Trinajstić information content (AvgIpc) is 2.38. The highest BCUT2D eigenvalue weighted by atomic mass is 32.2. The van der Waals surface area contributed by atoms with Crippen LogP contribution in [0, 0.1) is 11.2 Å². The second-order valence-corrected chi connectivity index (χ2v) is 4.74. The molecule has 0 saturated carbocycles. The molecular weight excluding hydrogens is 249 g/mol. The normalized spacial score (nSPS) is 10.3. The van der Waals surface area contributed by atoms with Crippen LogP contribution in [-0.2, 0) is 5.75 Å². The van der Waals surface area contributed by atoms with E-state index in [-0.39, 0.29) is 11.7 Å². The van der Waals surface area contributed by atoms with Crippen LogP contribution in [0.2, 0.25) is 0 Å². The largest absolute Gasteiger partial charge is 0.384 e. The Morgan fingerprint density at radius 2 is 2.00 bits per heavy atom. The molecule has 18 heavy (non-hydrogen) atoms. The van der Waals surface area contributed by atoms with Gasteiger partial charge in [-0.3, -0.25) is 10.4 Å². The molecule has 2 rings (SSSR count). The molecule has 1 heterocycles. The van der Waals surface area contributed by atoms with Gasteiger partial charge in [-0.25, -0.2) is 4.39 Å². The molecule has 1 aromatic carbocycles. The summed E-state index contributed by atoms with van der Waals surface area (Å²) in [5.41, 5.74) is 6.31. The number of hydrogen-bond donors (Lipinski definition) is 2. The number of nitrogen functional groups attached to an aromatic ring is 1. The minimum atomic E-state index is -0.329. The minimum Gasteiger partial charge on any atom is -0.384 e. The Kier molecular flexibility index (Phi) is 3.94. The van der Waals surface area contributed by atoms with Gasteiger partial charge in [0.2, 0.25) is 0 Å². The molecule has 92 valence electrons. The van der Waals surface area contributed by atoms with Crippen molar-refractivity contribution in [3.63, 3.8) is 0 Å². The molecule has 0 atom stereocenters. The Bertz CT molecular complexity index is 557. The number of hydrogen-bond acceptors (Lipinski definition) is 3. The molecule has 1 aromatic heterocycles. The third-order valence-electron chi connectivity index (χ3n) is 2.41. The zero-order chi connectivity index (χ0) is 13.0. The number of amidine groups is 1. The number of nitrogens with two attached hydrogens (primary N) is 1. The first-order valence-electron chi connectivity index (χ1n) is 5.32. The number of pyridine rings is 1. The average molecular weight is 261 g/mol. The van der Waals surface area contributed by atoms with Crippen molar-refractivity contribution in [2.24, 2.45) is 5.73 Å². The van der Waals surface area contributed by atoms with E-state index in [0.717, 1.165) is 4.90 Å². The molecular formula is C13H12FN3S. The fourth-order valence-corrected chi connectivity index (χ4v) is 2.30. The van der Waals surface area contributed by atoms with Crippen molar-refractivity contribution in [2.75, 3.05) is 0 Å². The van der Waals surface area contributed by atoms with Crippen LogP contribution in [0.5, 0.6) is 0 Å². The first-order valence-corrected chi connectivity index (χ1v) is 6.31. The SMILES string of the molecule is N=C(N)c1ccc(CSc2ccncc2)c(F)c1. The second kappa shape index (κ2) is 5.64. The molecule has 0 unspecified atom stereocenters. The van der Waals surface area contributed by atoms with Gasteiger partial charge in [0.25, 0.3) is 0 Å². The summed E-state index contributed by atoms with van der Waals surface area (Å²) in [5, 5.41) is 7.24. The molecule has 0 saturated heterocycles. The van der Waals surface area contributed by atoms with E-state index >= 15 is 0 Å². The van der Waals surface area contributed by atoms with Gasteiger partial charge in [-0.05, 0) is 23.8 Å². The van der Waals surface area contributed by atoms with Gasteiger partial charge in [0.15, 0.2) is 0 Å². The summed E-state index contributed by atoms with van der Waals surface area (Å²) in [6.45, 7) is 0. The van der Waals surface area contributed by atoms with Crippen LogP contribution in [-0.4, -0.2) is 10.8 Å². The predicted octanol–water partition coefficient (Wildman–Crippen LogP) is 2.80. The van der Waals surface area contributed by atoms with Crippen molar-refractivity contribution in [1.29, 1.82) is 5.41 Å². The molecule has 0 fully saturated rings. The third kappa shape index (κ3) is 3.07. The Hall–Kier alpha value is -1.88. The molecule has 2 aromatic rings. The summed E-state index contributed by atoms with van der Waals surface area (Å²) >= 11 is 1.54. The van der Waals surface area contributed by atoms with Crippen LogP contribution in [0.1, 0.15) is 11.1 Å². The maximum absolute atomic E-state index is 13.7. The molecule has 0 amide bonds. The van der Waals surface area contributed by atoms with Crippen LogP contribution in [0.4, 0.5) is 4.39 Å². The van der Waals surface area contributed by atoms with Crippen molar-refractivity contribution in [1.82, 2.24) is 4.98 Å². The fraction of sp³-hybridized carbons (Fsp3) is 0.0769. The van der Waals surface area contributed by atoms with Gasteiger partial charge < -0.3 is 5.73 Å². The number of thioether (sulfide) groups is 1. The standard InChI is InChI=1S/C13H12FN3S/c14-12-7-9(13(15)16)1-2-10(12)8-18-11-3-5-17-6-4-11/h1-7H,8H2,(H3,15,16). The lowest BCUT2D eigenvalue weighted by Gasteiger charge is -2.05. The van der Waals surface area contributed by atoms with Gasteiger partial charge in [-0.1, -0.05) is 12.1 Å². The van der Waals surface area contributed by atoms with Gasteiger partial charge in [0, 0.05) is 28.6 Å². The monoisotopic (exact) mass is 261 g/mol. The molecule has 5 heteroatoms. The van der Waals surface area contributed by atoms with Gasteiger partial charge in [0.05, 0.1) is 0 Å². The van der Waals surface area contributed by atoms with E-state index in [4.69, 9.17) is 11.1 Å². The highest BCUT2D eigenvalue weighted by Gasteiger charge is 2.05. The quantitative estimate of drug-likeness (QED) is 0.505. The van der Waals surface area contributed by atoms with Gasteiger partial charge >= 0.3 is 0 Å². The van der Waals surface area contributed by atoms with Crippen molar-refractivity contribution >= 4 is 17.6 Å². The summed E-state index contributed by atoms with van der Waals surface area (Å²) in [6, 6.07) is 8.39. The van der Waals surface area contributed by atoms with E-state index in [1.165, 1.54) is 17.8 Å². The van der Waals surface area contributed by atoms with Crippen LogP contribution >= 0.6 is 11.8 Å². The highest BCUT2D eigenvalue weighted by Crippen LogP contribution is 2.23. The fourth-order valence-electron chi connectivity index (χ4n) is 1.43. The third-order valence-corrected chi connectivity index (χ3v) is 3.47. The molecule has 0 aliphatic heterocycles. The van der Waals surface area contributed by atoms with Crippen LogP contribution in [0.15, 0.2) is 47.6 Å². The second-order valence-electron chi connectivity index (χ2n) is 3.69. The van der Waals surface area contributed by atoms with Gasteiger partial charge in [-0.2, -0.15) is 0 Å². The summed E-state index contributed by atoms with van der Waals surface area (Å²) in [6.07, 6.45) is 3.41. The summed E-state index contributed by atoms with van der Waals surface area (Å²) in [5.74, 6) is 0.0834. The summed E-state index contributed by atoms with van der Waals surface area (Å²) < 4.78 is 13.7. The van der Waals surface area contributed by atoms with Crippen molar-refractivity contribution in [3.05, 3.63) is 59.7 Å². The van der Waals surface area contributed by atoms with E-state index in [0.29, 0.717) is 16.9 Å². The maximum Gasteiger partial charge on any atom is 0.127 e. The molecule has 0 radical (unpaired) electrons. The van der Waals surface area contributed by atoms with Crippen molar-refractivity contribution in [2.45, 2.75) is 10.6 Å². The number of aromatic nitrogens is 1.